The molecule has 8 nitrogen and oxygen atoms in total. The highest BCUT2D eigenvalue weighted by atomic mass is 32.2. The first-order valence-corrected chi connectivity index (χ1v) is 9.92. The first-order chi connectivity index (χ1) is 12.4. The molecule has 26 heavy (non-hydrogen) atoms. The van der Waals surface area contributed by atoms with Gasteiger partial charge < -0.3 is 14.6 Å². The van der Waals surface area contributed by atoms with Crippen molar-refractivity contribution in [1.82, 2.24) is 20.4 Å². The number of hydrogen-bond donors (Lipinski definition) is 1. The second-order valence-electron chi connectivity index (χ2n) is 6.05. The highest BCUT2D eigenvalue weighted by molar-refractivity contribution is 7.90. The van der Waals surface area contributed by atoms with Gasteiger partial charge in [0.1, 0.15) is 5.82 Å². The number of hydrogen-bond acceptors (Lipinski definition) is 6. The monoisotopic (exact) mass is 382 g/mol. The number of piperidine rings is 1. The van der Waals surface area contributed by atoms with Crippen molar-refractivity contribution < 1.29 is 22.0 Å². The van der Waals surface area contributed by atoms with Gasteiger partial charge in [0.25, 0.3) is 0 Å². The molecule has 0 aliphatic carbocycles. The summed E-state index contributed by atoms with van der Waals surface area (Å²) in [5, 5.41) is 9.33. The number of carbonyl (C=O) groups excluding carboxylic acids is 1. The minimum atomic E-state index is -3.85. The molecule has 0 unspecified atom stereocenters. The number of urea groups is 1. The minimum Gasteiger partial charge on any atom is -0.411 e. The Morgan fingerprint density at radius 2 is 1.85 bits per heavy atom. The summed E-state index contributed by atoms with van der Waals surface area (Å²) in [5.74, 6) is -0.821. The lowest BCUT2D eigenvalue weighted by molar-refractivity contribution is 0.184. The van der Waals surface area contributed by atoms with Crippen molar-refractivity contribution in [2.45, 2.75) is 36.8 Å². The summed E-state index contributed by atoms with van der Waals surface area (Å²) in [4.78, 5) is 13.7. The number of likely N-dealkylation sites (tertiary alicyclic amines) is 1. The number of nitrogens with zero attached hydrogens (tertiary/aromatic N) is 3. The van der Waals surface area contributed by atoms with E-state index in [1.54, 1.807) is 4.90 Å². The van der Waals surface area contributed by atoms with E-state index < -0.39 is 20.9 Å². The van der Waals surface area contributed by atoms with E-state index in [0.29, 0.717) is 18.7 Å². The molecule has 0 spiro atoms. The molecular formula is C16H19FN4O4S. The molecule has 1 aromatic heterocycles. The smallest absolute Gasteiger partial charge is 0.335 e. The Morgan fingerprint density at radius 3 is 2.54 bits per heavy atom. The number of amides is 2. The number of carbonyl (C=O) groups is 1. The van der Waals surface area contributed by atoms with Gasteiger partial charge >= 0.3 is 11.3 Å². The quantitative estimate of drug-likeness (QED) is 0.846. The Bertz CT molecular complexity index is 861. The molecule has 0 radical (unpaired) electrons. The van der Waals surface area contributed by atoms with Crippen LogP contribution in [-0.4, -0.2) is 42.6 Å². The van der Waals surface area contributed by atoms with Gasteiger partial charge in [0.15, 0.2) is 0 Å². The van der Waals surface area contributed by atoms with E-state index in [-0.39, 0.29) is 24.2 Å². The van der Waals surface area contributed by atoms with Crippen LogP contribution in [0.2, 0.25) is 0 Å². The average molecular weight is 382 g/mol. The number of halogens is 1. The summed E-state index contributed by atoms with van der Waals surface area (Å²) in [6, 6.07) is 4.88. The van der Waals surface area contributed by atoms with Gasteiger partial charge in [0, 0.05) is 13.1 Å². The van der Waals surface area contributed by atoms with Gasteiger partial charge in [-0.15, -0.1) is 5.10 Å². The third-order valence-electron chi connectivity index (χ3n) is 4.02. The standard InChI is InChI=1S/C16H19FN4O4S/c17-13-6-4-12(5-7-13)11-26(23,24)16-20-19-14(25-16)10-18-15(22)21-8-2-1-3-9-21/h4-7H,1-3,8-11H2,(H,18,22). The summed E-state index contributed by atoms with van der Waals surface area (Å²) >= 11 is 0. The van der Waals surface area contributed by atoms with Crippen LogP contribution in [-0.2, 0) is 22.1 Å². The van der Waals surface area contributed by atoms with Crippen molar-refractivity contribution in [2.24, 2.45) is 0 Å². The largest absolute Gasteiger partial charge is 0.411 e. The van der Waals surface area contributed by atoms with Gasteiger partial charge in [0.05, 0.1) is 12.3 Å². The van der Waals surface area contributed by atoms with Crippen LogP contribution in [0.3, 0.4) is 0 Å². The Kier molecular flexibility index (Phi) is 5.50. The third kappa shape index (κ3) is 4.57. The zero-order valence-electron chi connectivity index (χ0n) is 14.0. The summed E-state index contributed by atoms with van der Waals surface area (Å²) in [7, 11) is -3.85. The molecule has 1 aliphatic rings. The number of aromatic nitrogens is 2. The van der Waals surface area contributed by atoms with Crippen molar-refractivity contribution in [2.75, 3.05) is 13.1 Å². The van der Waals surface area contributed by atoms with E-state index in [9.17, 15) is 17.6 Å². The summed E-state index contributed by atoms with van der Waals surface area (Å²) in [5.41, 5.74) is 0.407. The van der Waals surface area contributed by atoms with Crippen LogP contribution in [0.25, 0.3) is 0 Å². The van der Waals surface area contributed by atoms with Crippen molar-refractivity contribution in [3.63, 3.8) is 0 Å². The lowest BCUT2D eigenvalue weighted by Gasteiger charge is -2.26. The lowest BCUT2D eigenvalue weighted by Crippen LogP contribution is -2.42. The van der Waals surface area contributed by atoms with Crippen molar-refractivity contribution >= 4 is 15.9 Å². The van der Waals surface area contributed by atoms with E-state index in [2.05, 4.69) is 15.5 Å². The molecule has 1 N–H and O–H groups in total. The molecule has 2 aromatic rings. The third-order valence-corrected chi connectivity index (χ3v) is 5.43. The maximum Gasteiger partial charge on any atom is 0.335 e. The van der Waals surface area contributed by atoms with Crippen LogP contribution in [0, 0.1) is 5.82 Å². The van der Waals surface area contributed by atoms with Gasteiger partial charge in [-0.2, -0.15) is 0 Å². The molecule has 0 bridgehead atoms. The van der Waals surface area contributed by atoms with E-state index in [4.69, 9.17) is 4.42 Å². The van der Waals surface area contributed by atoms with Crippen molar-refractivity contribution in [3.8, 4) is 0 Å². The highest BCUT2D eigenvalue weighted by Crippen LogP contribution is 2.16. The predicted octanol–water partition coefficient (Wildman–Crippen LogP) is 1.88. The predicted molar refractivity (Wildman–Crippen MR) is 89.2 cm³/mol. The zero-order valence-corrected chi connectivity index (χ0v) is 14.8. The van der Waals surface area contributed by atoms with Crippen LogP contribution < -0.4 is 5.32 Å². The summed E-state index contributed by atoms with van der Waals surface area (Å²) in [6.45, 7) is 1.36. The molecular weight excluding hydrogens is 363 g/mol. The minimum absolute atomic E-state index is 0.00744. The molecule has 0 saturated carbocycles. The second kappa shape index (κ2) is 7.81. The van der Waals surface area contributed by atoms with Crippen LogP contribution in [0.1, 0.15) is 30.7 Å². The zero-order chi connectivity index (χ0) is 18.6. The molecule has 10 heteroatoms. The van der Waals surface area contributed by atoms with Gasteiger partial charge in [-0.1, -0.05) is 17.2 Å². The SMILES string of the molecule is O=C(NCc1nnc(S(=O)(=O)Cc2ccc(F)cc2)o1)N1CCCCC1. The Hall–Kier alpha value is -2.49. The highest BCUT2D eigenvalue weighted by Gasteiger charge is 2.24. The summed E-state index contributed by atoms with van der Waals surface area (Å²) < 4.78 is 42.7. The van der Waals surface area contributed by atoms with Crippen molar-refractivity contribution in [3.05, 3.63) is 41.5 Å². The fraction of sp³-hybridized carbons (Fsp3) is 0.438. The first-order valence-electron chi connectivity index (χ1n) is 8.26. The van der Waals surface area contributed by atoms with Crippen LogP contribution in [0.4, 0.5) is 9.18 Å². The molecule has 2 amide bonds. The van der Waals surface area contributed by atoms with Crippen LogP contribution in [0.5, 0.6) is 0 Å². The van der Waals surface area contributed by atoms with E-state index >= 15 is 0 Å². The first kappa shape index (κ1) is 18.3. The number of benzene rings is 1. The molecule has 2 heterocycles. The van der Waals surface area contributed by atoms with Crippen LogP contribution in [0.15, 0.2) is 33.9 Å². The lowest BCUT2D eigenvalue weighted by atomic mass is 10.1. The molecule has 3 rings (SSSR count). The van der Waals surface area contributed by atoms with E-state index in [1.165, 1.54) is 24.3 Å². The fourth-order valence-electron chi connectivity index (χ4n) is 2.66. The molecule has 1 aliphatic heterocycles. The number of sulfone groups is 1. The second-order valence-corrected chi connectivity index (χ2v) is 7.92. The van der Waals surface area contributed by atoms with Gasteiger partial charge in [-0.05, 0) is 37.0 Å². The summed E-state index contributed by atoms with van der Waals surface area (Å²) in [6.07, 6.45) is 3.06. The van der Waals surface area contributed by atoms with Crippen LogP contribution >= 0.6 is 0 Å². The Labute approximate surface area is 150 Å². The van der Waals surface area contributed by atoms with Crippen molar-refractivity contribution in [1.29, 1.82) is 0 Å². The molecule has 0 atom stereocenters. The number of nitrogens with one attached hydrogen (secondary N) is 1. The van der Waals surface area contributed by atoms with Gasteiger partial charge in [0.2, 0.25) is 15.7 Å². The van der Waals surface area contributed by atoms with Gasteiger partial charge in [-0.3, -0.25) is 0 Å². The molecule has 140 valence electrons. The molecule has 1 saturated heterocycles. The average Bonchev–Trinajstić information content (AvgIpc) is 3.12. The van der Waals surface area contributed by atoms with Gasteiger partial charge in [-0.25, -0.2) is 17.6 Å². The maximum atomic E-state index is 12.9. The number of rotatable bonds is 5. The normalized spacial score (nSPS) is 15.0. The van der Waals surface area contributed by atoms with E-state index in [0.717, 1.165) is 19.3 Å². The topological polar surface area (TPSA) is 105 Å². The maximum absolute atomic E-state index is 12.9. The molecule has 1 aromatic carbocycles. The Morgan fingerprint density at radius 1 is 1.15 bits per heavy atom. The fourth-order valence-corrected chi connectivity index (χ4v) is 3.80. The van der Waals surface area contributed by atoms with E-state index in [1.807, 2.05) is 0 Å². The Balaban J connectivity index is 1.59. The molecule has 1 fully saturated rings.